The Hall–Kier alpha value is -2.78. The third-order valence-corrected chi connectivity index (χ3v) is 9.59. The average Bonchev–Trinajstić information content (AvgIpc) is 3.29. The molecule has 194 valence electrons. The second-order valence-electron chi connectivity index (χ2n) is 9.98. The Morgan fingerprint density at radius 3 is 2.64 bits per heavy atom. The van der Waals surface area contributed by atoms with E-state index in [1.807, 2.05) is 0 Å². The van der Waals surface area contributed by atoms with E-state index >= 15 is 0 Å². The van der Waals surface area contributed by atoms with E-state index in [2.05, 4.69) is 31.6 Å². The minimum Gasteiger partial charge on any atom is -0.477 e. The number of carboxylic acid groups (broad SMARTS) is 1. The molecule has 0 saturated carbocycles. The van der Waals surface area contributed by atoms with Crippen LogP contribution in [0.3, 0.4) is 0 Å². The van der Waals surface area contributed by atoms with Crippen LogP contribution in [0, 0.1) is 5.41 Å². The summed E-state index contributed by atoms with van der Waals surface area (Å²) < 4.78 is 17.3. The molecule has 12 nitrogen and oxygen atoms in total. The highest BCUT2D eigenvalue weighted by Gasteiger charge is 2.56. The highest BCUT2D eigenvalue weighted by atomic mass is 32.2. The number of alkyl halides is 1. The van der Waals surface area contributed by atoms with Gasteiger partial charge in [-0.15, -0.1) is 11.8 Å². The molecule has 15 heteroatoms. The van der Waals surface area contributed by atoms with Gasteiger partial charge in [0.05, 0.1) is 19.6 Å². The number of hydrogen-bond donors (Lipinski definition) is 3. The van der Waals surface area contributed by atoms with Gasteiger partial charge in [-0.1, -0.05) is 12.1 Å². The van der Waals surface area contributed by atoms with Crippen molar-refractivity contribution in [1.82, 2.24) is 19.6 Å². The van der Waals surface area contributed by atoms with Crippen LogP contribution in [-0.2, 0) is 19.2 Å². The van der Waals surface area contributed by atoms with Crippen LogP contribution in [0.25, 0.3) is 0 Å². The third kappa shape index (κ3) is 4.32. The van der Waals surface area contributed by atoms with Crippen LogP contribution in [0.2, 0.25) is 0 Å². The minimum absolute atomic E-state index is 0.0178. The number of amides is 2. The first-order valence-corrected chi connectivity index (χ1v) is 13.4. The minimum atomic E-state index is -1.28. The van der Waals surface area contributed by atoms with Crippen molar-refractivity contribution in [3.8, 4) is 0 Å². The predicted octanol–water partition coefficient (Wildman–Crippen LogP) is 0.527. The first-order chi connectivity index (χ1) is 17.2. The number of fused-ring (bicyclic) bond motifs is 4. The Balaban J connectivity index is 1.33. The van der Waals surface area contributed by atoms with Crippen molar-refractivity contribution in [3.63, 3.8) is 0 Å². The molecule has 0 radical (unpaired) electrons. The summed E-state index contributed by atoms with van der Waals surface area (Å²) in [5.41, 5.74) is 6.30. The summed E-state index contributed by atoms with van der Waals surface area (Å²) >= 11 is 2.23. The summed E-state index contributed by atoms with van der Waals surface area (Å²) in [4.78, 5) is 47.7. The molecule has 4 N–H and O–H groups in total. The molecule has 1 aromatic rings. The maximum absolute atomic E-state index is 13.1. The number of aromatic nitrogens is 2. The van der Waals surface area contributed by atoms with Gasteiger partial charge in [0, 0.05) is 42.1 Å². The molecular weight excluding hydrogens is 513 g/mol. The van der Waals surface area contributed by atoms with Gasteiger partial charge >= 0.3 is 5.97 Å². The lowest BCUT2D eigenvalue weighted by Gasteiger charge is -2.55. The number of oxime groups is 1. The largest absolute Gasteiger partial charge is 0.477 e. The smallest absolute Gasteiger partial charge is 0.352 e. The Morgan fingerprint density at radius 1 is 1.36 bits per heavy atom. The molecule has 1 aromatic heterocycles. The normalized spacial score (nSPS) is 31.7. The quantitative estimate of drug-likeness (QED) is 0.185. The zero-order valence-corrected chi connectivity index (χ0v) is 21.2. The second kappa shape index (κ2) is 9.27. The van der Waals surface area contributed by atoms with Crippen LogP contribution in [0.5, 0.6) is 0 Å². The molecule has 6 rings (SSSR count). The highest BCUT2D eigenvalue weighted by molar-refractivity contribution is 8.00. The number of nitrogens with zero attached hydrogens (tertiary/aromatic N) is 5. The summed E-state index contributed by atoms with van der Waals surface area (Å²) in [7, 11) is 0. The van der Waals surface area contributed by atoms with Crippen LogP contribution in [0.15, 0.2) is 16.4 Å². The molecule has 5 aliphatic rings. The lowest BCUT2D eigenvalue weighted by atomic mass is 9.72. The monoisotopic (exact) mass is 540 g/mol. The van der Waals surface area contributed by atoms with Crippen molar-refractivity contribution >= 4 is 51.9 Å². The number of hydrogen-bond acceptors (Lipinski definition) is 10. The summed E-state index contributed by atoms with van der Waals surface area (Å²) in [5.74, 6) is -2.24. The van der Waals surface area contributed by atoms with E-state index in [1.54, 1.807) is 0 Å². The van der Waals surface area contributed by atoms with Crippen LogP contribution in [0.4, 0.5) is 9.52 Å². The maximum Gasteiger partial charge on any atom is 0.352 e. The number of nitrogen functional groups attached to an aromatic ring is 1. The molecule has 4 saturated heterocycles. The number of anilines is 1. The average molecular weight is 541 g/mol. The number of carboxylic acids is 1. The third-order valence-electron chi connectivity index (χ3n) is 7.71. The molecule has 2 bridgehead atoms. The lowest BCUT2D eigenvalue weighted by Crippen LogP contribution is -2.71. The van der Waals surface area contributed by atoms with Crippen LogP contribution < -0.4 is 11.1 Å². The molecule has 0 unspecified atom stereocenters. The second-order valence-corrected chi connectivity index (χ2v) is 11.9. The number of quaternary nitrogens is 1. The van der Waals surface area contributed by atoms with Crippen LogP contribution in [0.1, 0.15) is 32.0 Å². The topological polar surface area (TPSA) is 160 Å². The number of rotatable bonds is 8. The molecule has 0 aliphatic carbocycles. The number of halogens is 1. The Morgan fingerprint density at radius 2 is 2.06 bits per heavy atom. The van der Waals surface area contributed by atoms with Crippen molar-refractivity contribution < 1.29 is 33.2 Å². The maximum atomic E-state index is 13.1. The fourth-order valence-corrected chi connectivity index (χ4v) is 7.26. The zero-order valence-electron chi connectivity index (χ0n) is 19.6. The summed E-state index contributed by atoms with van der Waals surface area (Å²) in [6.07, 6.45) is 3.39. The van der Waals surface area contributed by atoms with E-state index in [4.69, 9.17) is 5.73 Å². The summed E-state index contributed by atoms with van der Waals surface area (Å²) in [5, 5.41) is 15.5. The summed E-state index contributed by atoms with van der Waals surface area (Å²) in [6.45, 7) is 4.73. The van der Waals surface area contributed by atoms with Gasteiger partial charge < -0.3 is 25.5 Å². The van der Waals surface area contributed by atoms with Crippen molar-refractivity contribution in [1.29, 1.82) is 0 Å². The SMILES string of the molecule is CC12CC[N+](CC3=C(C(=O)O)N4C(=O)[C@@H](NC(=O)/C(=N\OCF)c5nsc(N)n5)[C@@H]4SC3)(CC1)CC2. The Kier molecular flexibility index (Phi) is 6.41. The Bertz CT molecular complexity index is 1150. The fraction of sp³-hybridized carbons (Fsp3) is 0.619. The zero-order chi connectivity index (χ0) is 25.7. The van der Waals surface area contributed by atoms with Gasteiger partial charge in [-0.05, 0) is 5.41 Å². The molecule has 2 amide bonds. The van der Waals surface area contributed by atoms with E-state index in [0.717, 1.165) is 60.5 Å². The van der Waals surface area contributed by atoms with Crippen LogP contribution >= 0.6 is 23.3 Å². The lowest BCUT2D eigenvalue weighted by molar-refractivity contribution is -0.941. The Labute approximate surface area is 214 Å². The van der Waals surface area contributed by atoms with Gasteiger partial charge in [0.15, 0.2) is 5.13 Å². The number of carbonyl (C=O) groups excluding carboxylic acids is 2. The van der Waals surface area contributed by atoms with Crippen molar-refractivity contribution in [2.45, 2.75) is 37.6 Å². The predicted molar refractivity (Wildman–Crippen MR) is 129 cm³/mol. The van der Waals surface area contributed by atoms with Gasteiger partial charge in [-0.3, -0.25) is 14.5 Å². The molecule has 6 heterocycles. The van der Waals surface area contributed by atoms with Gasteiger partial charge in [0.2, 0.25) is 11.5 Å². The summed E-state index contributed by atoms with van der Waals surface area (Å²) in [6, 6.07) is -0.984. The molecule has 5 aliphatic heterocycles. The van der Waals surface area contributed by atoms with Crippen LogP contribution in [-0.4, -0.2) is 97.6 Å². The van der Waals surface area contributed by atoms with Gasteiger partial charge in [-0.25, -0.2) is 9.18 Å². The number of β-lactam (4-membered cyclic amide) rings is 1. The van der Waals surface area contributed by atoms with E-state index in [0.29, 0.717) is 17.7 Å². The number of piperidine rings is 3. The molecule has 2 atom stereocenters. The highest BCUT2D eigenvalue weighted by Crippen LogP contribution is 2.46. The molecular formula is C21H27FN7O5S2+. The number of aliphatic carboxylic acids is 1. The number of carbonyl (C=O) groups is 3. The number of thioether (sulfide) groups is 1. The van der Waals surface area contributed by atoms with E-state index in [9.17, 15) is 23.9 Å². The van der Waals surface area contributed by atoms with E-state index in [1.165, 1.54) is 16.7 Å². The van der Waals surface area contributed by atoms with E-state index in [-0.39, 0.29) is 16.7 Å². The van der Waals surface area contributed by atoms with Gasteiger partial charge in [0.1, 0.15) is 23.7 Å². The molecule has 0 aromatic carbocycles. The van der Waals surface area contributed by atoms with Crippen molar-refractivity contribution in [2.24, 2.45) is 10.6 Å². The number of nitrogens with two attached hydrogens (primary N) is 1. The van der Waals surface area contributed by atoms with Crippen molar-refractivity contribution in [3.05, 3.63) is 17.1 Å². The molecule has 0 spiro atoms. The van der Waals surface area contributed by atoms with E-state index < -0.39 is 41.8 Å². The molecule has 36 heavy (non-hydrogen) atoms. The number of nitrogens with one attached hydrogen (secondary N) is 1. The van der Waals surface area contributed by atoms with Gasteiger partial charge in [0.25, 0.3) is 18.7 Å². The first kappa shape index (κ1) is 24.9. The standard InChI is InChI=1S/C21H26FN7O5S2/c1-21-2-5-29(6-3-21,7-4-21)8-11-9-35-18-13(17(31)28(18)14(11)19(32)33)24-16(30)12(26-34-10-22)15-25-20(23)36-27-15/h13,18H,2-10H2,1H3,(H3-,23,24,25,27,30,32,33)/p+1/b26-12-/t13-,18+,21?,29?/m1/s1. The fourth-order valence-electron chi connectivity index (χ4n) is 5.49. The van der Waals surface area contributed by atoms with Gasteiger partial charge in [-0.2, -0.15) is 9.36 Å². The van der Waals surface area contributed by atoms with Crippen molar-refractivity contribution in [2.75, 3.05) is 44.5 Å². The first-order valence-electron chi connectivity index (χ1n) is 11.6. The molecule has 4 fully saturated rings.